The molecule has 2 nitrogen and oxygen atoms in total. The number of aliphatic imine (C=N–C) groups is 1. The van der Waals surface area contributed by atoms with Gasteiger partial charge < -0.3 is 0 Å². The predicted octanol–water partition coefficient (Wildman–Crippen LogP) is 3.03. The van der Waals surface area contributed by atoms with Crippen LogP contribution in [0.2, 0.25) is 0 Å². The molecule has 3 heteroatoms. The summed E-state index contributed by atoms with van der Waals surface area (Å²) >= 11 is 2.13. The number of nitrogens with zero attached hydrogens (tertiary/aromatic N) is 1. The highest BCUT2D eigenvalue weighted by Gasteiger charge is 1.98. The quantitative estimate of drug-likeness (QED) is 0.452. The maximum atomic E-state index is 7.43. The van der Waals surface area contributed by atoms with E-state index in [1.165, 1.54) is 0 Å². The lowest BCUT2D eigenvalue weighted by molar-refractivity contribution is 0.865. The molecule has 0 radical (unpaired) electrons. The Bertz CT molecular complexity index is 192. The average Bonchev–Trinajstić information content (AvgIpc) is 1.87. The lowest BCUT2D eigenvalue weighted by atomic mass is 10.2. The lowest BCUT2D eigenvalue weighted by Crippen LogP contribution is -2.04. The zero-order valence-corrected chi connectivity index (χ0v) is 9.21. The molecule has 0 heterocycles. The van der Waals surface area contributed by atoms with Crippen molar-refractivity contribution in [2.45, 2.75) is 20.8 Å². The minimum atomic E-state index is 0.215. The van der Waals surface area contributed by atoms with Crippen molar-refractivity contribution in [2.75, 3.05) is 0 Å². The van der Waals surface area contributed by atoms with E-state index in [0.29, 0.717) is 5.84 Å². The Kier molecular flexibility index (Phi) is 5.36. The second kappa shape index (κ2) is 5.46. The molecule has 0 amide bonds. The van der Waals surface area contributed by atoms with E-state index in [1.807, 2.05) is 30.9 Å². The summed E-state index contributed by atoms with van der Waals surface area (Å²) in [5.74, 6) is 0.657. The third-order valence-electron chi connectivity index (χ3n) is 1.15. The highest BCUT2D eigenvalue weighted by molar-refractivity contribution is 14.1. The number of hydrogen-bond acceptors (Lipinski definition) is 1. The van der Waals surface area contributed by atoms with Crippen LogP contribution < -0.4 is 0 Å². The number of nitrogens with one attached hydrogen (secondary N) is 1. The molecule has 0 aromatic carbocycles. The van der Waals surface area contributed by atoms with E-state index in [1.54, 1.807) is 0 Å². The maximum absolute atomic E-state index is 7.43. The fourth-order valence-electron chi connectivity index (χ4n) is 0.448. The van der Waals surface area contributed by atoms with E-state index in [4.69, 9.17) is 5.41 Å². The van der Waals surface area contributed by atoms with Crippen LogP contribution in [0.25, 0.3) is 0 Å². The largest absolute Gasteiger partial charge is 0.286 e. The molecule has 0 fully saturated rings. The molecular weight excluding hydrogens is 251 g/mol. The van der Waals surface area contributed by atoms with E-state index in [0.717, 1.165) is 5.71 Å². The lowest BCUT2D eigenvalue weighted by Gasteiger charge is -2.00. The molecule has 0 saturated carbocycles. The fourth-order valence-corrected chi connectivity index (χ4v) is 0.968. The highest BCUT2D eigenvalue weighted by Crippen LogP contribution is 1.97. The summed E-state index contributed by atoms with van der Waals surface area (Å²) in [6.45, 7) is 5.83. The van der Waals surface area contributed by atoms with Gasteiger partial charge in [0, 0.05) is 11.6 Å². The summed E-state index contributed by atoms with van der Waals surface area (Å²) in [7, 11) is 0. The van der Waals surface area contributed by atoms with E-state index in [2.05, 4.69) is 27.6 Å². The van der Waals surface area contributed by atoms with Crippen LogP contribution in [0.15, 0.2) is 15.2 Å². The first-order valence-electron chi connectivity index (χ1n) is 3.48. The second-order valence-corrected chi connectivity index (χ2v) is 3.30. The first-order chi connectivity index (χ1) is 5.07. The third-order valence-corrected chi connectivity index (χ3v) is 1.51. The SMILES string of the molecule is CC(/C=C\I)=NC(=N)C(C)C. The molecular formula is C8H13IN2. The van der Waals surface area contributed by atoms with Crippen LogP contribution in [0.1, 0.15) is 20.8 Å². The average molecular weight is 264 g/mol. The molecule has 0 aliphatic carbocycles. The molecule has 0 aliphatic rings. The molecule has 11 heavy (non-hydrogen) atoms. The zero-order chi connectivity index (χ0) is 8.85. The van der Waals surface area contributed by atoms with E-state index in [9.17, 15) is 0 Å². The Balaban J connectivity index is 4.19. The predicted molar refractivity (Wildman–Crippen MR) is 58.8 cm³/mol. The van der Waals surface area contributed by atoms with Crippen molar-refractivity contribution in [2.24, 2.45) is 10.9 Å². The molecule has 0 spiro atoms. The Morgan fingerprint density at radius 3 is 2.45 bits per heavy atom. The first kappa shape index (κ1) is 10.8. The number of halogens is 1. The Morgan fingerprint density at radius 1 is 1.55 bits per heavy atom. The van der Waals surface area contributed by atoms with E-state index in [-0.39, 0.29) is 5.92 Å². The molecule has 0 saturated heterocycles. The van der Waals surface area contributed by atoms with Crippen molar-refractivity contribution in [3.63, 3.8) is 0 Å². The second-order valence-electron chi connectivity index (χ2n) is 2.59. The standard InChI is InChI=1S/C8H13IN2/c1-6(2)8(10)11-7(3)4-5-9/h4-6,10H,1-3H3/b5-4-,10-8?,11-7?. The van der Waals surface area contributed by atoms with Gasteiger partial charge in [0.2, 0.25) is 0 Å². The summed E-state index contributed by atoms with van der Waals surface area (Å²) in [5.41, 5.74) is 0.887. The van der Waals surface area contributed by atoms with Gasteiger partial charge in [-0.3, -0.25) is 5.41 Å². The smallest absolute Gasteiger partial charge is 0.123 e. The van der Waals surface area contributed by atoms with Gasteiger partial charge in [0.1, 0.15) is 5.84 Å². The van der Waals surface area contributed by atoms with Crippen LogP contribution >= 0.6 is 22.6 Å². The van der Waals surface area contributed by atoms with E-state index >= 15 is 0 Å². The molecule has 0 rings (SSSR count). The summed E-state index contributed by atoms with van der Waals surface area (Å²) in [6.07, 6.45) is 1.89. The van der Waals surface area contributed by atoms with Gasteiger partial charge in [0.05, 0.1) is 0 Å². The third kappa shape index (κ3) is 5.12. The summed E-state index contributed by atoms with van der Waals surface area (Å²) in [4.78, 5) is 4.07. The molecule has 0 bridgehead atoms. The topological polar surface area (TPSA) is 36.2 Å². The summed E-state index contributed by atoms with van der Waals surface area (Å²) < 4.78 is 1.89. The van der Waals surface area contributed by atoms with Crippen molar-refractivity contribution in [3.8, 4) is 0 Å². The highest BCUT2D eigenvalue weighted by atomic mass is 127. The van der Waals surface area contributed by atoms with Crippen LogP contribution in [0.5, 0.6) is 0 Å². The Morgan fingerprint density at radius 2 is 2.09 bits per heavy atom. The first-order valence-corrected chi connectivity index (χ1v) is 4.73. The maximum Gasteiger partial charge on any atom is 0.123 e. The van der Waals surface area contributed by atoms with Gasteiger partial charge in [0.15, 0.2) is 0 Å². The van der Waals surface area contributed by atoms with Gasteiger partial charge in [-0.1, -0.05) is 36.4 Å². The Hall–Kier alpha value is -0.190. The van der Waals surface area contributed by atoms with Crippen molar-refractivity contribution >= 4 is 34.1 Å². The molecule has 0 unspecified atom stereocenters. The van der Waals surface area contributed by atoms with Crippen LogP contribution in [0, 0.1) is 11.3 Å². The van der Waals surface area contributed by atoms with Gasteiger partial charge in [-0.2, -0.15) is 0 Å². The summed E-state index contributed by atoms with van der Waals surface area (Å²) in [5, 5.41) is 7.43. The van der Waals surface area contributed by atoms with Crippen LogP contribution in [-0.4, -0.2) is 11.5 Å². The van der Waals surface area contributed by atoms with Gasteiger partial charge in [0.25, 0.3) is 0 Å². The number of rotatable bonds is 2. The van der Waals surface area contributed by atoms with Crippen molar-refractivity contribution in [1.29, 1.82) is 5.41 Å². The summed E-state index contributed by atoms with van der Waals surface area (Å²) in [6, 6.07) is 0. The van der Waals surface area contributed by atoms with Gasteiger partial charge in [-0.15, -0.1) is 0 Å². The van der Waals surface area contributed by atoms with Crippen LogP contribution in [0.3, 0.4) is 0 Å². The van der Waals surface area contributed by atoms with Gasteiger partial charge >= 0.3 is 0 Å². The molecule has 0 aromatic heterocycles. The van der Waals surface area contributed by atoms with Crippen molar-refractivity contribution < 1.29 is 0 Å². The van der Waals surface area contributed by atoms with Gasteiger partial charge in [-0.05, 0) is 17.1 Å². The van der Waals surface area contributed by atoms with Crippen molar-refractivity contribution in [3.05, 3.63) is 10.2 Å². The van der Waals surface area contributed by atoms with Crippen LogP contribution in [0.4, 0.5) is 0 Å². The van der Waals surface area contributed by atoms with Gasteiger partial charge in [-0.25, -0.2) is 4.99 Å². The number of allylic oxidation sites excluding steroid dienone is 1. The van der Waals surface area contributed by atoms with Crippen LogP contribution in [-0.2, 0) is 0 Å². The molecule has 0 aromatic rings. The Labute approximate surface area is 81.4 Å². The molecule has 62 valence electrons. The molecule has 0 atom stereocenters. The number of amidine groups is 1. The van der Waals surface area contributed by atoms with E-state index < -0.39 is 0 Å². The van der Waals surface area contributed by atoms with Crippen molar-refractivity contribution in [1.82, 2.24) is 0 Å². The zero-order valence-electron chi connectivity index (χ0n) is 7.06. The minimum absolute atomic E-state index is 0.215. The minimum Gasteiger partial charge on any atom is -0.286 e. The molecule has 1 N–H and O–H groups in total. The monoisotopic (exact) mass is 264 g/mol. The normalized spacial score (nSPS) is 13.0. The number of hydrogen-bond donors (Lipinski definition) is 1. The molecule has 0 aliphatic heterocycles. The fraction of sp³-hybridized carbons (Fsp3) is 0.500.